The van der Waals surface area contributed by atoms with Crippen LogP contribution in [0.5, 0.6) is 0 Å². The molecule has 1 aliphatic carbocycles. The number of halogens is 2. The van der Waals surface area contributed by atoms with Crippen molar-refractivity contribution in [1.82, 2.24) is 34.9 Å². The highest BCUT2D eigenvalue weighted by Gasteiger charge is 2.20. The summed E-state index contributed by atoms with van der Waals surface area (Å²) in [7, 11) is 2.08. The summed E-state index contributed by atoms with van der Waals surface area (Å²) in [5.74, 6) is -3.28. The summed E-state index contributed by atoms with van der Waals surface area (Å²) in [4.78, 5) is 55.1. The number of hydrogen-bond acceptors (Lipinski definition) is 13. The number of thiazole rings is 1. The number of nitrogens with one attached hydrogen (secondary N) is 1. The average Bonchev–Trinajstić information content (AvgIpc) is 3.83. The third-order valence-electron chi connectivity index (χ3n) is 8.23. The number of carbonyl (C=O) groups is 3. The number of aliphatic hydroxyl groups excluding tert-OH is 1. The fourth-order valence-electron chi connectivity index (χ4n) is 5.34. The van der Waals surface area contributed by atoms with E-state index in [4.69, 9.17) is 15.6 Å². The molecule has 1 saturated heterocycles. The molecule has 2 fully saturated rings. The topological polar surface area (TPSA) is 181 Å². The number of nitrogens with two attached hydrogens (primary N) is 1. The monoisotopic (exact) mass is 729 g/mol. The molecule has 0 atom stereocenters. The van der Waals surface area contributed by atoms with Gasteiger partial charge in [-0.15, -0.1) is 11.3 Å². The van der Waals surface area contributed by atoms with Crippen molar-refractivity contribution in [3.05, 3.63) is 58.8 Å². The van der Waals surface area contributed by atoms with Crippen LogP contribution in [0.1, 0.15) is 72.8 Å². The second-order valence-electron chi connectivity index (χ2n) is 12.1. The minimum atomic E-state index is -0.927. The highest BCUT2D eigenvalue weighted by atomic mass is 32.1. The van der Waals surface area contributed by atoms with E-state index in [0.29, 0.717) is 17.1 Å². The molecule has 0 spiro atoms. The third kappa shape index (κ3) is 12.1. The van der Waals surface area contributed by atoms with Gasteiger partial charge in [-0.3, -0.25) is 24.3 Å². The van der Waals surface area contributed by atoms with Crippen LogP contribution in [-0.2, 0) is 9.53 Å². The van der Waals surface area contributed by atoms with Gasteiger partial charge in [0, 0.05) is 69.1 Å². The normalized spacial score (nSPS) is 16.3. The number of amides is 1. The summed E-state index contributed by atoms with van der Waals surface area (Å²) >= 11 is 1.15. The lowest BCUT2D eigenvalue weighted by Crippen LogP contribution is -2.45. The van der Waals surface area contributed by atoms with Crippen LogP contribution in [0.4, 0.5) is 8.78 Å². The zero-order valence-corrected chi connectivity index (χ0v) is 29.7. The number of esters is 1. The number of likely N-dealkylation sites (N-methyl/N-ethyl adjacent to an activating group) is 1. The zero-order chi connectivity index (χ0) is 36.8. The Labute approximate surface area is 299 Å². The van der Waals surface area contributed by atoms with Crippen molar-refractivity contribution in [2.75, 3.05) is 53.0 Å². The number of ether oxygens (including phenoxy) is 1. The van der Waals surface area contributed by atoms with Gasteiger partial charge in [0.1, 0.15) is 23.0 Å². The van der Waals surface area contributed by atoms with E-state index >= 15 is 0 Å². The number of rotatable bonds is 12. The third-order valence-corrected chi connectivity index (χ3v) is 9.12. The molecule has 0 aromatic carbocycles. The van der Waals surface area contributed by atoms with Crippen molar-refractivity contribution in [2.24, 2.45) is 10.7 Å². The molecule has 2 aliphatic rings. The van der Waals surface area contributed by atoms with Crippen LogP contribution in [0.15, 0.2) is 40.6 Å². The van der Waals surface area contributed by atoms with Crippen molar-refractivity contribution in [2.45, 2.75) is 57.9 Å². The second-order valence-corrected chi connectivity index (χ2v) is 13.0. The van der Waals surface area contributed by atoms with E-state index in [-0.39, 0.29) is 49.2 Å². The molecule has 1 amide bonds. The lowest BCUT2D eigenvalue weighted by atomic mass is 9.96. The van der Waals surface area contributed by atoms with Crippen molar-refractivity contribution >= 4 is 41.0 Å². The minimum Gasteiger partial charge on any atom is -0.464 e. The van der Waals surface area contributed by atoms with Crippen molar-refractivity contribution in [3.8, 4) is 10.6 Å². The van der Waals surface area contributed by atoms with Gasteiger partial charge < -0.3 is 25.8 Å². The minimum absolute atomic E-state index is 0.0201. The van der Waals surface area contributed by atoms with Crippen LogP contribution >= 0.6 is 11.3 Å². The van der Waals surface area contributed by atoms with Crippen LogP contribution in [0.25, 0.3) is 16.3 Å². The Bertz CT molecular complexity index is 1680. The lowest BCUT2D eigenvalue weighted by Gasteiger charge is -2.32. The molecule has 4 heterocycles. The van der Waals surface area contributed by atoms with Gasteiger partial charge in [0.05, 0.1) is 30.1 Å². The molecule has 4 N–H and O–H groups in total. The van der Waals surface area contributed by atoms with Crippen molar-refractivity contribution in [1.29, 1.82) is 0 Å². The van der Waals surface area contributed by atoms with Gasteiger partial charge in [-0.25, -0.2) is 19.0 Å². The molecule has 1 aliphatic heterocycles. The van der Waals surface area contributed by atoms with Crippen LogP contribution in [0, 0.1) is 11.8 Å². The largest absolute Gasteiger partial charge is 0.464 e. The predicted octanol–water partition coefficient (Wildman–Crippen LogP) is 3.35. The van der Waals surface area contributed by atoms with E-state index in [9.17, 15) is 23.2 Å². The first-order valence-electron chi connectivity index (χ1n) is 17.0. The molecule has 0 bridgehead atoms. The Morgan fingerprint density at radius 2 is 1.84 bits per heavy atom. The number of aromatic nitrogens is 4. The second kappa shape index (κ2) is 19.8. The van der Waals surface area contributed by atoms with Gasteiger partial charge in [0.25, 0.3) is 5.91 Å². The summed E-state index contributed by atoms with van der Waals surface area (Å²) in [5, 5.41) is 16.2. The summed E-state index contributed by atoms with van der Waals surface area (Å²) in [6.07, 6.45) is 9.03. The number of pyridine rings is 1. The molecular formula is C34H45F2N9O5S. The van der Waals surface area contributed by atoms with Crippen LogP contribution in [0.2, 0.25) is 0 Å². The SMILES string of the molecule is CCO.CN1CCN(CCOC(=O)CCC(=O)n2cc(-c3nc(C(=O)N/C(C=NC4CCCCC4)=C(/N)c4nc(F)ccc4F)cs3)cn2)CC1. The van der Waals surface area contributed by atoms with Gasteiger partial charge in [-0.1, -0.05) is 19.3 Å². The predicted molar refractivity (Wildman–Crippen MR) is 189 cm³/mol. The van der Waals surface area contributed by atoms with Gasteiger partial charge in [0.2, 0.25) is 11.9 Å². The first-order chi connectivity index (χ1) is 24.6. The molecular weight excluding hydrogens is 684 g/mol. The number of aliphatic hydroxyl groups is 1. The molecule has 14 nitrogen and oxygen atoms in total. The Morgan fingerprint density at radius 3 is 2.57 bits per heavy atom. The van der Waals surface area contributed by atoms with E-state index in [1.165, 1.54) is 24.0 Å². The summed E-state index contributed by atoms with van der Waals surface area (Å²) in [6.45, 7) is 6.67. The molecule has 3 aromatic rings. The summed E-state index contributed by atoms with van der Waals surface area (Å²) in [6, 6.07) is 1.80. The molecule has 1 saturated carbocycles. The van der Waals surface area contributed by atoms with Crippen LogP contribution < -0.4 is 11.1 Å². The first kappa shape index (κ1) is 39.3. The Morgan fingerprint density at radius 1 is 1.12 bits per heavy atom. The number of allylic oxidation sites excluding steroid dienone is 1. The maximum Gasteiger partial charge on any atom is 0.306 e. The molecule has 5 rings (SSSR count). The number of nitrogens with zero attached hydrogens (tertiary/aromatic N) is 7. The summed E-state index contributed by atoms with van der Waals surface area (Å²) in [5.41, 5.74) is 5.94. The van der Waals surface area contributed by atoms with E-state index in [1.54, 1.807) is 6.92 Å². The number of piperazine rings is 1. The molecule has 0 radical (unpaired) electrons. The summed E-state index contributed by atoms with van der Waals surface area (Å²) < 4.78 is 34.8. The van der Waals surface area contributed by atoms with Gasteiger partial charge >= 0.3 is 5.97 Å². The Hall–Kier alpha value is -4.45. The zero-order valence-electron chi connectivity index (χ0n) is 28.9. The smallest absolute Gasteiger partial charge is 0.306 e. The van der Waals surface area contributed by atoms with E-state index in [1.807, 2.05) is 0 Å². The molecule has 17 heteroatoms. The number of aliphatic imine (C=N–C) groups is 1. The number of hydrogen-bond donors (Lipinski definition) is 3. The van der Waals surface area contributed by atoms with Crippen LogP contribution in [0.3, 0.4) is 0 Å². The van der Waals surface area contributed by atoms with E-state index in [2.05, 4.69) is 42.2 Å². The van der Waals surface area contributed by atoms with Crippen molar-refractivity contribution < 1.29 is 33.0 Å². The molecule has 276 valence electrons. The highest BCUT2D eigenvalue weighted by Crippen LogP contribution is 2.24. The van der Waals surface area contributed by atoms with Gasteiger partial charge in [-0.05, 0) is 38.9 Å². The maximum atomic E-state index is 14.5. The maximum absolute atomic E-state index is 14.5. The Balaban J connectivity index is 0.00000188. The van der Waals surface area contributed by atoms with E-state index in [0.717, 1.165) is 86.4 Å². The average molecular weight is 730 g/mol. The van der Waals surface area contributed by atoms with Gasteiger partial charge in [0.15, 0.2) is 5.82 Å². The lowest BCUT2D eigenvalue weighted by molar-refractivity contribution is -0.144. The first-order valence-corrected chi connectivity index (χ1v) is 17.8. The van der Waals surface area contributed by atoms with Gasteiger partial charge in [-0.2, -0.15) is 9.49 Å². The van der Waals surface area contributed by atoms with E-state index < -0.39 is 35.2 Å². The fraction of sp³-hybridized carbons (Fsp3) is 0.500. The number of carbonyl (C=O) groups excluding carboxylic acids is 3. The molecule has 51 heavy (non-hydrogen) atoms. The van der Waals surface area contributed by atoms with Crippen molar-refractivity contribution in [3.63, 3.8) is 0 Å². The molecule has 3 aromatic heterocycles. The Kier molecular flexibility index (Phi) is 15.3. The fourth-order valence-corrected chi connectivity index (χ4v) is 6.11. The quantitative estimate of drug-likeness (QED) is 0.141. The standard InChI is InChI=1S/C32H39F2N9O4S.C2H6O/c1-41-11-13-42(14-12-41)15-16-47-28(45)10-9-27(44)43-19-21(17-37-43)32-39-25(20-48-32)31(46)38-24(18-36-22-5-3-2-4-6-22)29(35)30-23(33)7-8-26(34)40-30;1-2-3/h7-8,17-20,22H,2-6,9-16,35H2,1H3,(H,38,46);3H,2H2,1H3/b29-24+,36-18?;. The molecule has 0 unspecified atom stereocenters. The highest BCUT2D eigenvalue weighted by molar-refractivity contribution is 7.13. The van der Waals surface area contributed by atoms with Crippen LogP contribution in [-0.4, -0.2) is 118 Å².